The van der Waals surface area contributed by atoms with Crippen LogP contribution in [0, 0.1) is 11.8 Å². The lowest BCUT2D eigenvalue weighted by Crippen LogP contribution is -2.23. The monoisotopic (exact) mass is 443 g/mol. The number of para-hydroxylation sites is 1. The van der Waals surface area contributed by atoms with Gasteiger partial charge in [0.05, 0.1) is 11.7 Å². The number of benzene rings is 1. The van der Waals surface area contributed by atoms with Gasteiger partial charge in [0.15, 0.2) is 0 Å². The van der Waals surface area contributed by atoms with Crippen LogP contribution in [0.25, 0.3) is 0 Å². The van der Waals surface area contributed by atoms with E-state index in [1.54, 1.807) is 0 Å². The number of Topliss-reactive ketones (excluding diaryl/α,β-unsaturated/α-hetero) is 1. The molecule has 1 saturated carbocycles. The van der Waals surface area contributed by atoms with E-state index in [2.05, 4.69) is 12.2 Å². The molecule has 0 spiro atoms. The first-order valence-corrected chi connectivity index (χ1v) is 12.3. The Morgan fingerprint density at radius 3 is 2.59 bits per heavy atom. The van der Waals surface area contributed by atoms with E-state index in [0.717, 1.165) is 57.1 Å². The molecule has 178 valence electrons. The standard InChI is InChI=1S/C27H41NO4/c1-3-4-18-27(2,32)19-12-16-23-22(24(29)20-25(23)30)15-10-5-6-11-17-26(31)28-21-13-8-7-9-14-21/h7-9,12-14,16,22-23,25,30,32H,3-6,10-11,15,17-20H2,1-2H3,(H,28,31)/b16-12+/t22-,23-,25-,27?/m1/s1. The molecule has 1 aliphatic carbocycles. The number of carbonyl (C=O) groups excluding carboxylic acids is 2. The van der Waals surface area contributed by atoms with Gasteiger partial charge in [-0.1, -0.05) is 69.4 Å². The van der Waals surface area contributed by atoms with Crippen LogP contribution in [0.4, 0.5) is 5.69 Å². The van der Waals surface area contributed by atoms with E-state index in [1.165, 1.54) is 0 Å². The molecule has 1 amide bonds. The summed E-state index contributed by atoms with van der Waals surface area (Å²) < 4.78 is 0. The Morgan fingerprint density at radius 2 is 1.88 bits per heavy atom. The molecular formula is C27H41NO4. The third-order valence-electron chi connectivity index (χ3n) is 6.44. The zero-order chi connectivity index (χ0) is 23.4. The summed E-state index contributed by atoms with van der Waals surface area (Å²) in [5.74, 6) is -0.109. The molecule has 5 heteroatoms. The third-order valence-corrected chi connectivity index (χ3v) is 6.44. The van der Waals surface area contributed by atoms with Crippen LogP contribution in [-0.2, 0) is 9.59 Å². The highest BCUT2D eigenvalue weighted by Crippen LogP contribution is 2.34. The van der Waals surface area contributed by atoms with Gasteiger partial charge in [-0.05, 0) is 44.7 Å². The normalized spacial score (nSPS) is 22.9. The van der Waals surface area contributed by atoms with Crippen molar-refractivity contribution in [2.24, 2.45) is 11.8 Å². The van der Waals surface area contributed by atoms with Crippen LogP contribution in [0.5, 0.6) is 0 Å². The van der Waals surface area contributed by atoms with Gasteiger partial charge in [-0.25, -0.2) is 0 Å². The average Bonchev–Trinajstić information content (AvgIpc) is 3.02. The molecule has 0 saturated heterocycles. The van der Waals surface area contributed by atoms with Crippen LogP contribution in [0.15, 0.2) is 42.5 Å². The topological polar surface area (TPSA) is 86.6 Å². The molecule has 1 aliphatic rings. The molecule has 1 fully saturated rings. The van der Waals surface area contributed by atoms with E-state index in [0.29, 0.717) is 12.8 Å². The summed E-state index contributed by atoms with van der Waals surface area (Å²) in [7, 11) is 0. The lowest BCUT2D eigenvalue weighted by atomic mass is 9.87. The smallest absolute Gasteiger partial charge is 0.224 e. The predicted molar refractivity (Wildman–Crippen MR) is 129 cm³/mol. The Labute approximate surface area is 193 Å². The van der Waals surface area contributed by atoms with Gasteiger partial charge >= 0.3 is 0 Å². The zero-order valence-electron chi connectivity index (χ0n) is 19.8. The summed E-state index contributed by atoms with van der Waals surface area (Å²) in [5, 5.41) is 23.7. The van der Waals surface area contributed by atoms with Crippen molar-refractivity contribution in [1.82, 2.24) is 0 Å². The minimum Gasteiger partial charge on any atom is -0.392 e. The Kier molecular flexibility index (Phi) is 11.1. The second-order valence-electron chi connectivity index (χ2n) is 9.52. The second-order valence-corrected chi connectivity index (χ2v) is 9.52. The van der Waals surface area contributed by atoms with E-state index < -0.39 is 11.7 Å². The van der Waals surface area contributed by atoms with Gasteiger partial charge in [-0.3, -0.25) is 9.59 Å². The van der Waals surface area contributed by atoms with Crippen molar-refractivity contribution < 1.29 is 19.8 Å². The van der Waals surface area contributed by atoms with Crippen molar-refractivity contribution in [1.29, 1.82) is 0 Å². The van der Waals surface area contributed by atoms with Crippen molar-refractivity contribution in [2.45, 2.75) is 96.2 Å². The SMILES string of the molecule is CCCCC(C)(O)C/C=C/[C@H]1[C@H](O)CC(=O)[C@@H]1CCCCCCC(=O)Nc1ccccc1. The van der Waals surface area contributed by atoms with Gasteiger partial charge in [-0.15, -0.1) is 0 Å². The summed E-state index contributed by atoms with van der Waals surface area (Å²) in [6.45, 7) is 3.96. The molecule has 1 aromatic carbocycles. The first-order valence-electron chi connectivity index (χ1n) is 12.3. The van der Waals surface area contributed by atoms with Crippen molar-refractivity contribution in [3.8, 4) is 0 Å². The van der Waals surface area contributed by atoms with E-state index in [-0.39, 0.29) is 29.9 Å². The number of hydrogen-bond donors (Lipinski definition) is 3. The average molecular weight is 444 g/mol. The quantitative estimate of drug-likeness (QED) is 0.265. The molecule has 0 radical (unpaired) electrons. The van der Waals surface area contributed by atoms with Gasteiger partial charge < -0.3 is 15.5 Å². The van der Waals surface area contributed by atoms with Crippen LogP contribution < -0.4 is 5.32 Å². The fourth-order valence-electron chi connectivity index (χ4n) is 4.48. The number of carbonyl (C=O) groups is 2. The number of anilines is 1. The molecule has 3 N–H and O–H groups in total. The predicted octanol–water partition coefficient (Wildman–Crippen LogP) is 5.42. The summed E-state index contributed by atoms with van der Waals surface area (Å²) >= 11 is 0. The minimum absolute atomic E-state index is 0.0327. The first kappa shape index (κ1) is 26.3. The van der Waals surface area contributed by atoms with Gasteiger partial charge in [0.25, 0.3) is 0 Å². The molecule has 0 aromatic heterocycles. The summed E-state index contributed by atoms with van der Waals surface area (Å²) in [6, 6.07) is 9.47. The second kappa shape index (κ2) is 13.5. The highest BCUT2D eigenvalue weighted by molar-refractivity contribution is 5.90. The Bertz CT molecular complexity index is 728. The van der Waals surface area contributed by atoms with E-state index in [1.807, 2.05) is 49.4 Å². The lowest BCUT2D eigenvalue weighted by molar-refractivity contribution is -0.121. The van der Waals surface area contributed by atoms with E-state index in [4.69, 9.17) is 0 Å². The number of rotatable bonds is 14. The van der Waals surface area contributed by atoms with Crippen LogP contribution in [0.1, 0.15) is 84.5 Å². The number of aliphatic hydroxyl groups is 2. The highest BCUT2D eigenvalue weighted by atomic mass is 16.3. The molecule has 4 atom stereocenters. The molecule has 0 heterocycles. The first-order chi connectivity index (χ1) is 15.3. The summed E-state index contributed by atoms with van der Waals surface area (Å²) in [4.78, 5) is 24.4. The van der Waals surface area contributed by atoms with Crippen molar-refractivity contribution in [3.05, 3.63) is 42.5 Å². The Hall–Kier alpha value is -1.98. The van der Waals surface area contributed by atoms with Gasteiger partial charge in [-0.2, -0.15) is 0 Å². The highest BCUT2D eigenvalue weighted by Gasteiger charge is 2.39. The van der Waals surface area contributed by atoms with E-state index in [9.17, 15) is 19.8 Å². The van der Waals surface area contributed by atoms with Gasteiger partial charge in [0.1, 0.15) is 5.78 Å². The third kappa shape index (κ3) is 9.25. The van der Waals surface area contributed by atoms with Crippen molar-refractivity contribution in [3.63, 3.8) is 0 Å². The number of ketones is 1. The number of aliphatic hydroxyl groups excluding tert-OH is 1. The summed E-state index contributed by atoms with van der Waals surface area (Å²) in [6.07, 6.45) is 11.8. The largest absolute Gasteiger partial charge is 0.392 e. The van der Waals surface area contributed by atoms with Crippen LogP contribution in [-0.4, -0.2) is 33.6 Å². The number of unbranched alkanes of at least 4 members (excludes halogenated alkanes) is 4. The van der Waals surface area contributed by atoms with Crippen molar-refractivity contribution in [2.75, 3.05) is 5.32 Å². The fourth-order valence-corrected chi connectivity index (χ4v) is 4.48. The molecule has 1 aromatic rings. The van der Waals surface area contributed by atoms with Crippen LogP contribution >= 0.6 is 0 Å². The molecule has 0 bridgehead atoms. The number of nitrogens with one attached hydrogen (secondary N) is 1. The lowest BCUT2D eigenvalue weighted by Gasteiger charge is -2.22. The Morgan fingerprint density at radius 1 is 1.16 bits per heavy atom. The van der Waals surface area contributed by atoms with Crippen molar-refractivity contribution >= 4 is 17.4 Å². The minimum atomic E-state index is -0.734. The van der Waals surface area contributed by atoms with Crippen LogP contribution in [0.3, 0.4) is 0 Å². The van der Waals surface area contributed by atoms with Gasteiger partial charge in [0.2, 0.25) is 5.91 Å². The maximum Gasteiger partial charge on any atom is 0.224 e. The molecular weight excluding hydrogens is 402 g/mol. The van der Waals surface area contributed by atoms with Gasteiger partial charge in [0, 0.05) is 30.4 Å². The number of hydrogen-bond acceptors (Lipinski definition) is 4. The Balaban J connectivity index is 1.68. The summed E-state index contributed by atoms with van der Waals surface area (Å²) in [5.41, 5.74) is 0.0873. The maximum atomic E-state index is 12.4. The number of amides is 1. The zero-order valence-corrected chi connectivity index (χ0v) is 19.8. The molecule has 32 heavy (non-hydrogen) atoms. The molecule has 0 aliphatic heterocycles. The van der Waals surface area contributed by atoms with Crippen LogP contribution in [0.2, 0.25) is 0 Å². The fraction of sp³-hybridized carbons (Fsp3) is 0.630. The molecule has 1 unspecified atom stereocenters. The molecule has 5 nitrogen and oxygen atoms in total. The molecule has 2 rings (SSSR count). The van der Waals surface area contributed by atoms with E-state index >= 15 is 0 Å². The maximum absolute atomic E-state index is 12.4.